The van der Waals surface area contributed by atoms with E-state index >= 15 is 0 Å². The number of aliphatic hydroxyl groups excluding tert-OH is 1. The fraction of sp³-hybridized carbons (Fsp3) is 1.00. The summed E-state index contributed by atoms with van der Waals surface area (Å²) in [6, 6.07) is 0.687. The van der Waals surface area contributed by atoms with E-state index in [0.717, 1.165) is 18.8 Å². The molecule has 3 unspecified atom stereocenters. The van der Waals surface area contributed by atoms with Gasteiger partial charge in [0.2, 0.25) is 0 Å². The summed E-state index contributed by atoms with van der Waals surface area (Å²) in [6.07, 6.45) is 7.32. The molecule has 0 heterocycles. The molecule has 2 nitrogen and oxygen atoms in total. The molecule has 1 aliphatic rings. The summed E-state index contributed by atoms with van der Waals surface area (Å²) in [4.78, 5) is 0. The molecule has 0 saturated heterocycles. The highest BCUT2D eigenvalue weighted by molar-refractivity contribution is 4.89. The first-order chi connectivity index (χ1) is 7.13. The zero-order valence-electron chi connectivity index (χ0n) is 10.6. The lowest BCUT2D eigenvalue weighted by atomic mass is 9.93. The maximum Gasteiger partial charge on any atom is 0.0448 e. The minimum atomic E-state index is 0.141. The smallest absolute Gasteiger partial charge is 0.0448 e. The predicted octanol–water partition coefficient (Wildman–Crippen LogP) is 2.71. The Bertz CT molecular complexity index is 183. The van der Waals surface area contributed by atoms with Gasteiger partial charge in [-0.3, -0.25) is 0 Å². The van der Waals surface area contributed by atoms with Crippen LogP contribution in [0.3, 0.4) is 0 Å². The van der Waals surface area contributed by atoms with Gasteiger partial charge in [0.15, 0.2) is 0 Å². The second kappa shape index (κ2) is 5.86. The standard InChI is InChI=1S/C13H27NO/c1-4-11-6-7-12(10-11)14-13(3,5-2)8-9-15/h11-12,14-15H,4-10H2,1-3H3. The van der Waals surface area contributed by atoms with E-state index in [4.69, 9.17) is 5.11 Å². The first-order valence-electron chi connectivity index (χ1n) is 6.52. The highest BCUT2D eigenvalue weighted by atomic mass is 16.3. The van der Waals surface area contributed by atoms with E-state index in [-0.39, 0.29) is 5.54 Å². The highest BCUT2D eigenvalue weighted by Gasteiger charge is 2.29. The molecule has 1 aliphatic carbocycles. The summed E-state index contributed by atoms with van der Waals surface area (Å²) in [5, 5.41) is 12.8. The molecule has 1 saturated carbocycles. The van der Waals surface area contributed by atoms with Gasteiger partial charge in [0.25, 0.3) is 0 Å². The molecule has 2 N–H and O–H groups in total. The lowest BCUT2D eigenvalue weighted by Gasteiger charge is -2.32. The van der Waals surface area contributed by atoms with Crippen molar-refractivity contribution in [3.63, 3.8) is 0 Å². The van der Waals surface area contributed by atoms with Crippen LogP contribution in [-0.2, 0) is 0 Å². The predicted molar refractivity (Wildman–Crippen MR) is 65.0 cm³/mol. The van der Waals surface area contributed by atoms with Gasteiger partial charge < -0.3 is 10.4 Å². The topological polar surface area (TPSA) is 32.3 Å². The van der Waals surface area contributed by atoms with Crippen LogP contribution < -0.4 is 5.32 Å². The third kappa shape index (κ3) is 3.76. The molecule has 0 aromatic carbocycles. The van der Waals surface area contributed by atoms with Gasteiger partial charge in [0.1, 0.15) is 0 Å². The maximum atomic E-state index is 9.07. The molecule has 1 rings (SSSR count). The summed E-state index contributed by atoms with van der Waals surface area (Å²) in [7, 11) is 0. The zero-order valence-corrected chi connectivity index (χ0v) is 10.6. The van der Waals surface area contributed by atoms with Crippen LogP contribution in [0.5, 0.6) is 0 Å². The quantitative estimate of drug-likeness (QED) is 0.711. The minimum absolute atomic E-state index is 0.141. The molecule has 3 atom stereocenters. The van der Waals surface area contributed by atoms with Crippen LogP contribution in [0.2, 0.25) is 0 Å². The lowest BCUT2D eigenvalue weighted by molar-refractivity contribution is 0.201. The molecule has 90 valence electrons. The molecule has 0 amide bonds. The van der Waals surface area contributed by atoms with Crippen LogP contribution in [0.1, 0.15) is 59.3 Å². The van der Waals surface area contributed by atoms with Gasteiger partial charge in [-0.25, -0.2) is 0 Å². The number of rotatable bonds is 6. The van der Waals surface area contributed by atoms with Crippen molar-refractivity contribution in [2.75, 3.05) is 6.61 Å². The average Bonchev–Trinajstić information content (AvgIpc) is 2.66. The molecule has 1 fully saturated rings. The first kappa shape index (κ1) is 13.0. The summed E-state index contributed by atoms with van der Waals surface area (Å²) in [5.74, 6) is 0.928. The highest BCUT2D eigenvalue weighted by Crippen LogP contribution is 2.30. The number of aliphatic hydroxyl groups is 1. The normalized spacial score (nSPS) is 30.4. The van der Waals surface area contributed by atoms with E-state index in [0.29, 0.717) is 12.6 Å². The third-order valence-corrected chi connectivity index (χ3v) is 4.12. The summed E-state index contributed by atoms with van der Waals surface area (Å²) >= 11 is 0. The van der Waals surface area contributed by atoms with Crippen molar-refractivity contribution in [2.45, 2.75) is 70.9 Å². The zero-order chi connectivity index (χ0) is 11.3. The van der Waals surface area contributed by atoms with E-state index < -0.39 is 0 Å². The Balaban J connectivity index is 2.39. The summed E-state index contributed by atoms with van der Waals surface area (Å²) in [5.41, 5.74) is 0.141. The van der Waals surface area contributed by atoms with E-state index in [1.54, 1.807) is 0 Å². The van der Waals surface area contributed by atoms with E-state index in [2.05, 4.69) is 26.1 Å². The lowest BCUT2D eigenvalue weighted by Crippen LogP contribution is -2.47. The largest absolute Gasteiger partial charge is 0.396 e. The Morgan fingerprint density at radius 2 is 2.07 bits per heavy atom. The number of hydrogen-bond donors (Lipinski definition) is 2. The fourth-order valence-corrected chi connectivity index (χ4v) is 2.67. The van der Waals surface area contributed by atoms with Crippen LogP contribution in [0.25, 0.3) is 0 Å². The SMILES string of the molecule is CCC1CCC(NC(C)(CC)CCO)C1. The van der Waals surface area contributed by atoms with Crippen LogP contribution in [0.15, 0.2) is 0 Å². The second-order valence-corrected chi connectivity index (χ2v) is 5.32. The Morgan fingerprint density at radius 1 is 1.33 bits per heavy atom. The van der Waals surface area contributed by atoms with Crippen molar-refractivity contribution in [3.05, 3.63) is 0 Å². The molecule has 0 spiro atoms. The Morgan fingerprint density at radius 3 is 2.53 bits per heavy atom. The van der Waals surface area contributed by atoms with Gasteiger partial charge in [-0.05, 0) is 44.9 Å². The van der Waals surface area contributed by atoms with Crippen LogP contribution >= 0.6 is 0 Å². The Kier molecular flexibility index (Phi) is 5.07. The van der Waals surface area contributed by atoms with Crippen LogP contribution in [0.4, 0.5) is 0 Å². The van der Waals surface area contributed by atoms with Crippen molar-refractivity contribution in [3.8, 4) is 0 Å². The van der Waals surface area contributed by atoms with Crippen molar-refractivity contribution in [1.29, 1.82) is 0 Å². The molecule has 2 heteroatoms. The molecule has 0 aliphatic heterocycles. The van der Waals surface area contributed by atoms with Crippen molar-refractivity contribution in [2.24, 2.45) is 5.92 Å². The van der Waals surface area contributed by atoms with E-state index in [9.17, 15) is 0 Å². The van der Waals surface area contributed by atoms with Gasteiger partial charge >= 0.3 is 0 Å². The molecule has 0 bridgehead atoms. The maximum absolute atomic E-state index is 9.07. The Labute approximate surface area is 94.5 Å². The molecular formula is C13H27NO. The molecule has 0 aromatic heterocycles. The van der Waals surface area contributed by atoms with Gasteiger partial charge in [-0.15, -0.1) is 0 Å². The van der Waals surface area contributed by atoms with E-state index in [1.807, 2.05) is 0 Å². The van der Waals surface area contributed by atoms with Gasteiger partial charge in [0, 0.05) is 18.2 Å². The third-order valence-electron chi connectivity index (χ3n) is 4.12. The monoisotopic (exact) mass is 213 g/mol. The van der Waals surface area contributed by atoms with Crippen LogP contribution in [-0.4, -0.2) is 23.3 Å². The second-order valence-electron chi connectivity index (χ2n) is 5.32. The summed E-state index contributed by atoms with van der Waals surface area (Å²) in [6.45, 7) is 7.03. The Hall–Kier alpha value is -0.0800. The number of nitrogens with one attached hydrogen (secondary N) is 1. The molecule has 0 radical (unpaired) electrons. The van der Waals surface area contributed by atoms with Gasteiger partial charge in [-0.1, -0.05) is 20.3 Å². The fourth-order valence-electron chi connectivity index (χ4n) is 2.67. The van der Waals surface area contributed by atoms with Gasteiger partial charge in [0.05, 0.1) is 0 Å². The minimum Gasteiger partial charge on any atom is -0.396 e. The number of hydrogen-bond acceptors (Lipinski definition) is 2. The summed E-state index contributed by atoms with van der Waals surface area (Å²) < 4.78 is 0. The van der Waals surface area contributed by atoms with E-state index in [1.165, 1.54) is 25.7 Å². The van der Waals surface area contributed by atoms with Crippen molar-refractivity contribution in [1.82, 2.24) is 5.32 Å². The average molecular weight is 213 g/mol. The molecule has 15 heavy (non-hydrogen) atoms. The van der Waals surface area contributed by atoms with Gasteiger partial charge in [-0.2, -0.15) is 0 Å². The van der Waals surface area contributed by atoms with Crippen molar-refractivity contribution >= 4 is 0 Å². The van der Waals surface area contributed by atoms with Crippen LogP contribution in [0, 0.1) is 5.92 Å². The molecule has 0 aromatic rings. The van der Waals surface area contributed by atoms with Crippen molar-refractivity contribution < 1.29 is 5.11 Å². The first-order valence-corrected chi connectivity index (χ1v) is 6.52. The molecular weight excluding hydrogens is 186 g/mol.